The number of hydrogen-bond acceptors (Lipinski definition) is 5. The Hall–Kier alpha value is -2.64. The van der Waals surface area contributed by atoms with Crippen molar-refractivity contribution in [3.05, 3.63) is 58.6 Å². The first-order valence-corrected chi connectivity index (χ1v) is 10.5. The molecular weight excluding hydrogens is 388 g/mol. The van der Waals surface area contributed by atoms with E-state index in [1.165, 1.54) is 0 Å². The second-order valence-electron chi connectivity index (χ2n) is 7.18. The Morgan fingerprint density at radius 2 is 1.93 bits per heavy atom. The van der Waals surface area contributed by atoms with Crippen molar-refractivity contribution in [3.8, 4) is 10.4 Å². The van der Waals surface area contributed by atoms with Crippen LogP contribution in [0.3, 0.4) is 0 Å². The number of ether oxygens (including phenoxy) is 2. The molecule has 1 aromatic heterocycles. The van der Waals surface area contributed by atoms with Crippen LogP contribution in [0.2, 0.25) is 0 Å². The van der Waals surface area contributed by atoms with Crippen LogP contribution in [0, 0.1) is 0 Å². The number of benzene rings is 1. The fourth-order valence-electron chi connectivity index (χ4n) is 3.57. The lowest BCUT2D eigenvalue weighted by Gasteiger charge is -2.35. The zero-order valence-electron chi connectivity index (χ0n) is 16.5. The predicted octanol–water partition coefficient (Wildman–Crippen LogP) is 4.11. The van der Waals surface area contributed by atoms with Crippen LogP contribution in [0.15, 0.2) is 53.7 Å². The highest BCUT2D eigenvalue weighted by molar-refractivity contribution is 7.15. The molecule has 2 aromatic rings. The number of amides is 2. The second-order valence-corrected chi connectivity index (χ2v) is 8.29. The predicted molar refractivity (Wildman–Crippen MR) is 111 cm³/mol. The van der Waals surface area contributed by atoms with Gasteiger partial charge < -0.3 is 14.8 Å². The van der Waals surface area contributed by atoms with E-state index in [2.05, 4.69) is 5.32 Å². The van der Waals surface area contributed by atoms with Crippen molar-refractivity contribution in [1.82, 2.24) is 10.2 Å². The molecule has 6 nitrogen and oxygen atoms in total. The highest BCUT2D eigenvalue weighted by atomic mass is 32.1. The van der Waals surface area contributed by atoms with Crippen molar-refractivity contribution in [2.75, 3.05) is 20.3 Å². The Morgan fingerprint density at radius 1 is 1.17 bits per heavy atom. The van der Waals surface area contributed by atoms with Crippen LogP contribution in [-0.4, -0.2) is 43.3 Å². The molecule has 1 N–H and O–H groups in total. The molecule has 1 aromatic carbocycles. The Morgan fingerprint density at radius 3 is 2.62 bits per heavy atom. The van der Waals surface area contributed by atoms with Gasteiger partial charge >= 0.3 is 12.0 Å². The molecule has 0 spiro atoms. The highest BCUT2D eigenvalue weighted by Gasteiger charge is 2.43. The van der Waals surface area contributed by atoms with E-state index in [0.29, 0.717) is 17.9 Å². The largest absolute Gasteiger partial charge is 0.460 e. The second kappa shape index (κ2) is 8.39. The molecule has 1 fully saturated rings. The first kappa shape index (κ1) is 19.7. The SMILES string of the molecule is COCCOC(=O)C1=C(C)N(C2CC2)C(=O)N[C@H]1c1ccc(-c2ccccc2)s1. The third-order valence-corrected chi connectivity index (χ3v) is 6.35. The van der Waals surface area contributed by atoms with Gasteiger partial charge in [-0.1, -0.05) is 30.3 Å². The van der Waals surface area contributed by atoms with Gasteiger partial charge in [0, 0.05) is 28.6 Å². The summed E-state index contributed by atoms with van der Waals surface area (Å²) in [6.45, 7) is 2.34. The maximum absolute atomic E-state index is 12.9. The van der Waals surface area contributed by atoms with Crippen LogP contribution in [0.4, 0.5) is 4.79 Å². The van der Waals surface area contributed by atoms with E-state index in [-0.39, 0.29) is 18.7 Å². The van der Waals surface area contributed by atoms with Gasteiger partial charge in [-0.05, 0) is 37.5 Å². The van der Waals surface area contributed by atoms with Gasteiger partial charge in [0.1, 0.15) is 6.61 Å². The monoisotopic (exact) mass is 412 g/mol. The van der Waals surface area contributed by atoms with E-state index in [1.54, 1.807) is 23.3 Å². The van der Waals surface area contributed by atoms with Gasteiger partial charge in [0.05, 0.1) is 18.2 Å². The number of rotatable bonds is 7. The summed E-state index contributed by atoms with van der Waals surface area (Å²) in [5.74, 6) is -0.412. The molecule has 1 aliphatic carbocycles. The number of methoxy groups -OCH3 is 1. The Kier molecular flexibility index (Phi) is 5.69. The number of carbonyl (C=O) groups is 2. The molecule has 0 saturated heterocycles. The first-order valence-electron chi connectivity index (χ1n) is 9.72. The molecule has 2 amide bonds. The summed E-state index contributed by atoms with van der Waals surface area (Å²) < 4.78 is 10.4. The van der Waals surface area contributed by atoms with E-state index in [0.717, 1.165) is 28.2 Å². The number of allylic oxidation sites excluding steroid dienone is 1. The summed E-state index contributed by atoms with van der Waals surface area (Å²) in [6, 6.07) is 13.6. The molecular formula is C22H24N2O4S. The Bertz CT molecular complexity index is 933. The van der Waals surface area contributed by atoms with Crippen molar-refractivity contribution in [2.45, 2.75) is 31.8 Å². The van der Waals surface area contributed by atoms with Gasteiger partial charge in [-0.25, -0.2) is 9.59 Å². The minimum atomic E-state index is -0.519. The Labute approximate surface area is 174 Å². The fraction of sp³-hybridized carbons (Fsp3) is 0.364. The van der Waals surface area contributed by atoms with Crippen molar-refractivity contribution >= 4 is 23.3 Å². The summed E-state index contributed by atoms with van der Waals surface area (Å²) in [5, 5.41) is 3.03. The molecule has 2 aliphatic rings. The van der Waals surface area contributed by atoms with Crippen LogP contribution in [-0.2, 0) is 14.3 Å². The average Bonchev–Trinajstić information content (AvgIpc) is 3.42. The topological polar surface area (TPSA) is 67.9 Å². The van der Waals surface area contributed by atoms with E-state index in [4.69, 9.17) is 9.47 Å². The molecule has 0 radical (unpaired) electrons. The van der Waals surface area contributed by atoms with E-state index in [9.17, 15) is 9.59 Å². The lowest BCUT2D eigenvalue weighted by atomic mass is 10.0. The summed E-state index contributed by atoms with van der Waals surface area (Å²) in [7, 11) is 1.56. The third-order valence-electron chi connectivity index (χ3n) is 5.15. The smallest absolute Gasteiger partial charge is 0.338 e. The van der Waals surface area contributed by atoms with Crippen LogP contribution in [0.5, 0.6) is 0 Å². The molecule has 29 heavy (non-hydrogen) atoms. The fourth-order valence-corrected chi connectivity index (χ4v) is 4.64. The molecule has 1 saturated carbocycles. The molecule has 7 heteroatoms. The summed E-state index contributed by atoms with van der Waals surface area (Å²) in [5.41, 5.74) is 2.28. The lowest BCUT2D eigenvalue weighted by Crippen LogP contribution is -2.48. The number of nitrogens with one attached hydrogen (secondary N) is 1. The maximum atomic E-state index is 12.9. The van der Waals surface area contributed by atoms with E-state index >= 15 is 0 Å². The highest BCUT2D eigenvalue weighted by Crippen LogP contribution is 2.40. The molecule has 1 atom stereocenters. The zero-order chi connectivity index (χ0) is 20.4. The van der Waals surface area contributed by atoms with Gasteiger partial charge in [-0.15, -0.1) is 11.3 Å². The standard InChI is InChI=1S/C22H24N2O4S/c1-14-19(21(25)28-13-12-27-2)20(23-22(26)24(14)16-8-9-16)18-11-10-17(29-18)15-6-4-3-5-7-15/h3-7,10-11,16,20H,8-9,12-13H2,1-2H3,(H,23,26)/t20-/m0/s1. The minimum Gasteiger partial charge on any atom is -0.460 e. The molecule has 2 heterocycles. The van der Waals surface area contributed by atoms with Gasteiger partial charge in [-0.3, -0.25) is 4.90 Å². The summed E-state index contributed by atoms with van der Waals surface area (Å²) >= 11 is 1.57. The normalized spacial score (nSPS) is 19.3. The van der Waals surface area contributed by atoms with E-state index < -0.39 is 12.0 Å². The average molecular weight is 413 g/mol. The van der Waals surface area contributed by atoms with Crippen LogP contribution in [0.25, 0.3) is 10.4 Å². The minimum absolute atomic E-state index is 0.155. The quantitative estimate of drug-likeness (QED) is 0.549. The van der Waals surface area contributed by atoms with Crippen molar-refractivity contribution < 1.29 is 19.1 Å². The third kappa shape index (κ3) is 4.06. The molecule has 4 rings (SSSR count). The van der Waals surface area contributed by atoms with Crippen LogP contribution in [0.1, 0.15) is 30.7 Å². The number of nitrogens with zero attached hydrogens (tertiary/aromatic N) is 1. The number of carbonyl (C=O) groups excluding carboxylic acids is 2. The number of urea groups is 1. The number of esters is 1. The summed E-state index contributed by atoms with van der Waals surface area (Å²) in [4.78, 5) is 29.4. The zero-order valence-corrected chi connectivity index (χ0v) is 17.3. The molecule has 0 bridgehead atoms. The lowest BCUT2D eigenvalue weighted by molar-refractivity contribution is -0.140. The van der Waals surface area contributed by atoms with Crippen molar-refractivity contribution in [1.29, 1.82) is 0 Å². The van der Waals surface area contributed by atoms with Gasteiger partial charge in [0.15, 0.2) is 0 Å². The Balaban J connectivity index is 1.67. The van der Waals surface area contributed by atoms with Crippen LogP contribution >= 0.6 is 11.3 Å². The van der Waals surface area contributed by atoms with Crippen molar-refractivity contribution in [2.24, 2.45) is 0 Å². The number of hydrogen-bond donors (Lipinski definition) is 1. The maximum Gasteiger partial charge on any atom is 0.338 e. The molecule has 1 aliphatic heterocycles. The molecule has 152 valence electrons. The molecule has 0 unspecified atom stereocenters. The summed E-state index contributed by atoms with van der Waals surface area (Å²) in [6.07, 6.45) is 1.91. The van der Waals surface area contributed by atoms with Gasteiger partial charge in [-0.2, -0.15) is 0 Å². The van der Waals surface area contributed by atoms with Gasteiger partial charge in [0.2, 0.25) is 0 Å². The van der Waals surface area contributed by atoms with Crippen molar-refractivity contribution in [3.63, 3.8) is 0 Å². The van der Waals surface area contributed by atoms with Gasteiger partial charge in [0.25, 0.3) is 0 Å². The number of thiophene rings is 1. The van der Waals surface area contributed by atoms with E-state index in [1.807, 2.05) is 49.4 Å². The first-order chi connectivity index (χ1) is 14.1. The van der Waals surface area contributed by atoms with Crippen LogP contribution < -0.4 is 5.32 Å².